The molecule has 0 unspecified atom stereocenters. The number of hydrogen-bond acceptors (Lipinski definition) is 3. The van der Waals surface area contributed by atoms with Crippen LogP contribution in [-0.4, -0.2) is 42.4 Å². The van der Waals surface area contributed by atoms with Gasteiger partial charge >= 0.3 is 0 Å². The Morgan fingerprint density at radius 2 is 1.83 bits per heavy atom. The minimum Gasteiger partial charge on any atom is -0.508 e. The van der Waals surface area contributed by atoms with E-state index in [2.05, 4.69) is 34.5 Å². The highest BCUT2D eigenvalue weighted by molar-refractivity contribution is 6.32. The molecular formula is C29H29ClF2N2O. The van der Waals surface area contributed by atoms with Crippen molar-refractivity contribution in [2.24, 2.45) is 0 Å². The van der Waals surface area contributed by atoms with Gasteiger partial charge in [-0.25, -0.2) is 4.39 Å². The van der Waals surface area contributed by atoms with Crippen molar-refractivity contribution in [2.45, 2.75) is 31.7 Å². The number of phenolic OH excluding ortho intramolecular Hbond substituents is 1. The Bertz CT molecular complexity index is 1240. The number of benzene rings is 3. The second kappa shape index (κ2) is 10.4. The fraction of sp³-hybridized carbons (Fsp3) is 0.310. The zero-order valence-corrected chi connectivity index (χ0v) is 20.3. The lowest BCUT2D eigenvalue weighted by Gasteiger charge is -2.25. The van der Waals surface area contributed by atoms with Crippen molar-refractivity contribution in [2.75, 3.05) is 31.6 Å². The van der Waals surface area contributed by atoms with Crippen LogP contribution in [0.3, 0.4) is 0 Å². The number of halogens is 3. The maximum Gasteiger partial charge on any atom is 0.124 e. The molecule has 3 nitrogen and oxygen atoms in total. The number of likely N-dealkylation sites (tertiary alicyclic amines) is 1. The summed E-state index contributed by atoms with van der Waals surface area (Å²) < 4.78 is 26.3. The molecule has 0 radical (unpaired) electrons. The van der Waals surface area contributed by atoms with Crippen LogP contribution in [0.2, 0.25) is 5.02 Å². The number of fused-ring (bicyclic) bond motifs is 1. The van der Waals surface area contributed by atoms with Gasteiger partial charge in [0, 0.05) is 31.4 Å². The lowest BCUT2D eigenvalue weighted by molar-refractivity contribution is 0.310. The summed E-state index contributed by atoms with van der Waals surface area (Å²) >= 11 is 6.48. The first-order valence-corrected chi connectivity index (χ1v) is 12.6. The molecule has 5 rings (SSSR count). The first kappa shape index (κ1) is 23.8. The number of rotatable bonds is 7. The van der Waals surface area contributed by atoms with Crippen LogP contribution in [0.25, 0.3) is 11.1 Å². The highest BCUT2D eigenvalue weighted by atomic mass is 35.5. The third-order valence-electron chi connectivity index (χ3n) is 6.99. The van der Waals surface area contributed by atoms with E-state index in [1.807, 2.05) is 6.07 Å². The molecule has 3 aromatic rings. The van der Waals surface area contributed by atoms with Crippen LogP contribution in [0.4, 0.5) is 14.5 Å². The van der Waals surface area contributed by atoms with Crippen molar-refractivity contribution in [3.8, 4) is 5.75 Å². The van der Waals surface area contributed by atoms with Crippen LogP contribution in [0.15, 0.2) is 60.7 Å². The standard InChI is InChI=1S/C29H29ClF2N2O/c30-28-16-21(32)6-11-25(28)26-10-5-19-4-9-24(35)17-27(19)29(26)20-2-7-22(8-3-20)33-23-12-15-34(18-23)14-1-13-31/h2-4,6-9,11,16-17,23,33,35H,1,5,10,12-15,18H2/t23-/m0/s1. The molecule has 0 amide bonds. The van der Waals surface area contributed by atoms with E-state index in [4.69, 9.17) is 11.6 Å². The Hall–Kier alpha value is -2.89. The largest absolute Gasteiger partial charge is 0.508 e. The molecule has 0 bridgehead atoms. The lowest BCUT2D eigenvalue weighted by atomic mass is 9.79. The summed E-state index contributed by atoms with van der Waals surface area (Å²) in [5.41, 5.74) is 7.09. The topological polar surface area (TPSA) is 35.5 Å². The van der Waals surface area contributed by atoms with E-state index in [-0.39, 0.29) is 18.2 Å². The zero-order valence-electron chi connectivity index (χ0n) is 19.5. The van der Waals surface area contributed by atoms with Gasteiger partial charge in [-0.3, -0.25) is 4.39 Å². The van der Waals surface area contributed by atoms with Crippen LogP contribution in [0.1, 0.15) is 41.5 Å². The normalized spacial score (nSPS) is 18.1. The lowest BCUT2D eigenvalue weighted by Crippen LogP contribution is -2.27. The number of nitrogens with zero attached hydrogens (tertiary/aromatic N) is 1. The molecule has 2 aliphatic rings. The molecule has 1 fully saturated rings. The van der Waals surface area contributed by atoms with Gasteiger partial charge in [-0.1, -0.05) is 35.9 Å². The van der Waals surface area contributed by atoms with Gasteiger partial charge in [0.25, 0.3) is 0 Å². The second-order valence-corrected chi connectivity index (χ2v) is 9.78. The molecule has 1 aliphatic carbocycles. The summed E-state index contributed by atoms with van der Waals surface area (Å²) in [5, 5.41) is 14.2. The third kappa shape index (κ3) is 5.21. The van der Waals surface area contributed by atoms with Crippen molar-refractivity contribution in [3.05, 3.63) is 93.8 Å². The summed E-state index contributed by atoms with van der Waals surface area (Å²) in [6, 6.07) is 18.7. The Kier molecular flexibility index (Phi) is 7.07. The maximum absolute atomic E-state index is 13.8. The van der Waals surface area contributed by atoms with E-state index in [9.17, 15) is 13.9 Å². The van der Waals surface area contributed by atoms with E-state index < -0.39 is 0 Å². The average Bonchev–Trinajstić information content (AvgIpc) is 3.30. The molecule has 6 heteroatoms. The van der Waals surface area contributed by atoms with Crippen molar-refractivity contribution >= 4 is 28.4 Å². The Balaban J connectivity index is 1.47. The van der Waals surface area contributed by atoms with E-state index in [0.29, 0.717) is 17.5 Å². The van der Waals surface area contributed by atoms with Gasteiger partial charge in [-0.15, -0.1) is 0 Å². The minimum atomic E-state index is -0.361. The van der Waals surface area contributed by atoms with Crippen LogP contribution in [0, 0.1) is 5.82 Å². The van der Waals surface area contributed by atoms with Gasteiger partial charge in [-0.05, 0) is 95.5 Å². The fourth-order valence-electron chi connectivity index (χ4n) is 5.30. The van der Waals surface area contributed by atoms with E-state index >= 15 is 0 Å². The van der Waals surface area contributed by atoms with Gasteiger partial charge in [-0.2, -0.15) is 0 Å². The van der Waals surface area contributed by atoms with Crippen molar-refractivity contribution in [1.82, 2.24) is 4.90 Å². The number of anilines is 1. The molecule has 1 aliphatic heterocycles. The van der Waals surface area contributed by atoms with E-state index in [1.165, 1.54) is 17.7 Å². The number of allylic oxidation sites excluding steroid dienone is 1. The molecule has 182 valence electrons. The van der Waals surface area contributed by atoms with Crippen LogP contribution < -0.4 is 5.32 Å². The quantitative estimate of drug-likeness (QED) is 0.373. The summed E-state index contributed by atoms with van der Waals surface area (Å²) in [6.45, 7) is 2.46. The summed E-state index contributed by atoms with van der Waals surface area (Å²) in [5.74, 6) is -0.148. The highest BCUT2D eigenvalue weighted by Gasteiger charge is 2.24. The molecular weight excluding hydrogens is 466 g/mol. The Morgan fingerprint density at radius 3 is 2.60 bits per heavy atom. The molecule has 1 atom stereocenters. The number of phenols is 1. The molecule has 2 N–H and O–H groups in total. The average molecular weight is 495 g/mol. The van der Waals surface area contributed by atoms with Crippen molar-refractivity contribution in [1.29, 1.82) is 0 Å². The molecule has 0 saturated carbocycles. The van der Waals surface area contributed by atoms with Crippen LogP contribution >= 0.6 is 11.6 Å². The van der Waals surface area contributed by atoms with Gasteiger partial charge in [0.15, 0.2) is 0 Å². The minimum absolute atomic E-state index is 0.213. The second-order valence-electron chi connectivity index (χ2n) is 9.37. The smallest absolute Gasteiger partial charge is 0.124 e. The van der Waals surface area contributed by atoms with Crippen molar-refractivity contribution < 1.29 is 13.9 Å². The van der Waals surface area contributed by atoms with Gasteiger partial charge in [0.2, 0.25) is 0 Å². The fourth-order valence-corrected chi connectivity index (χ4v) is 5.58. The Morgan fingerprint density at radius 1 is 1.00 bits per heavy atom. The van der Waals surface area contributed by atoms with Gasteiger partial charge < -0.3 is 15.3 Å². The maximum atomic E-state index is 13.8. The zero-order chi connectivity index (χ0) is 24.4. The third-order valence-corrected chi connectivity index (χ3v) is 7.30. The Labute approximate surface area is 210 Å². The summed E-state index contributed by atoms with van der Waals surface area (Å²) in [6.07, 6.45) is 3.23. The predicted octanol–water partition coefficient (Wildman–Crippen LogP) is 6.94. The molecule has 0 spiro atoms. The molecule has 3 aromatic carbocycles. The number of alkyl halides is 1. The number of aryl methyl sites for hydroxylation is 1. The molecule has 1 saturated heterocycles. The highest BCUT2D eigenvalue weighted by Crippen LogP contribution is 2.43. The monoisotopic (exact) mass is 494 g/mol. The van der Waals surface area contributed by atoms with E-state index in [1.54, 1.807) is 18.2 Å². The number of hydrogen-bond donors (Lipinski definition) is 2. The number of nitrogens with one attached hydrogen (secondary N) is 1. The molecule has 1 heterocycles. The summed E-state index contributed by atoms with van der Waals surface area (Å²) in [7, 11) is 0. The van der Waals surface area contributed by atoms with Gasteiger partial charge in [0.05, 0.1) is 11.7 Å². The molecule has 35 heavy (non-hydrogen) atoms. The van der Waals surface area contributed by atoms with Crippen LogP contribution in [-0.2, 0) is 6.42 Å². The van der Waals surface area contributed by atoms with E-state index in [0.717, 1.165) is 72.4 Å². The van der Waals surface area contributed by atoms with Gasteiger partial charge in [0.1, 0.15) is 11.6 Å². The van der Waals surface area contributed by atoms with Crippen molar-refractivity contribution in [3.63, 3.8) is 0 Å². The molecule has 0 aromatic heterocycles. The van der Waals surface area contributed by atoms with Crippen LogP contribution in [0.5, 0.6) is 5.75 Å². The summed E-state index contributed by atoms with van der Waals surface area (Å²) in [4.78, 5) is 2.31. The number of aromatic hydroxyl groups is 1. The predicted molar refractivity (Wildman–Crippen MR) is 139 cm³/mol. The first-order valence-electron chi connectivity index (χ1n) is 12.2. The first-order chi connectivity index (χ1) is 17.0. The SMILES string of the molecule is Oc1ccc2c(c1)C(c1ccc(N[C@H]3CCN(CCCF)C3)cc1)=C(c1ccc(F)cc1Cl)CC2.